The summed E-state index contributed by atoms with van der Waals surface area (Å²) >= 11 is 1.36. The van der Waals surface area contributed by atoms with E-state index in [4.69, 9.17) is 24.2 Å². The molecule has 2 saturated heterocycles. The Labute approximate surface area is 313 Å². The summed E-state index contributed by atoms with van der Waals surface area (Å²) in [4.78, 5) is 50.3. The molecular formula is C39H49FN6O6S. The van der Waals surface area contributed by atoms with Crippen LogP contribution < -0.4 is 10.7 Å². The monoisotopic (exact) mass is 748 g/mol. The van der Waals surface area contributed by atoms with Crippen molar-refractivity contribution >= 4 is 51.8 Å². The van der Waals surface area contributed by atoms with Gasteiger partial charge in [0, 0.05) is 65.7 Å². The van der Waals surface area contributed by atoms with Gasteiger partial charge in [0.2, 0.25) is 5.67 Å². The van der Waals surface area contributed by atoms with Crippen molar-refractivity contribution in [2.24, 2.45) is 10.4 Å². The summed E-state index contributed by atoms with van der Waals surface area (Å²) in [5.41, 5.74) is 6.53. The molecule has 0 saturated carbocycles. The summed E-state index contributed by atoms with van der Waals surface area (Å²) in [5, 5.41) is 7.50. The van der Waals surface area contributed by atoms with Gasteiger partial charge in [-0.25, -0.2) is 14.8 Å². The van der Waals surface area contributed by atoms with Gasteiger partial charge < -0.3 is 24.1 Å². The molecule has 2 fully saturated rings. The number of carbonyl (C=O) groups is 3. The highest BCUT2D eigenvalue weighted by Gasteiger charge is 2.48. The highest BCUT2D eigenvalue weighted by molar-refractivity contribution is 7.10. The van der Waals surface area contributed by atoms with Gasteiger partial charge >= 0.3 is 5.97 Å². The van der Waals surface area contributed by atoms with Crippen LogP contribution >= 0.6 is 11.3 Å². The van der Waals surface area contributed by atoms with E-state index in [1.807, 2.05) is 31.4 Å². The number of esters is 1. The number of amides is 2. The number of carbonyl (C=O) groups excluding carboxylic acids is 3. The van der Waals surface area contributed by atoms with E-state index in [1.165, 1.54) is 16.3 Å². The zero-order chi connectivity index (χ0) is 38.1. The summed E-state index contributed by atoms with van der Waals surface area (Å²) in [5.74, 6) is -1.88. The van der Waals surface area contributed by atoms with E-state index in [0.29, 0.717) is 43.1 Å². The van der Waals surface area contributed by atoms with E-state index in [9.17, 15) is 14.4 Å². The number of hydrogen-bond acceptors (Lipinski definition) is 10. The number of nitrogens with one attached hydrogen (secondary N) is 2. The van der Waals surface area contributed by atoms with Crippen molar-refractivity contribution in [3.8, 4) is 11.3 Å². The number of rotatable bonds is 8. The smallest absolute Gasteiger partial charge is 0.324 e. The lowest BCUT2D eigenvalue weighted by Crippen LogP contribution is -2.64. The van der Waals surface area contributed by atoms with Gasteiger partial charge in [-0.3, -0.25) is 24.4 Å². The Morgan fingerprint density at radius 3 is 2.74 bits per heavy atom. The fourth-order valence-corrected chi connectivity index (χ4v) is 8.03. The highest BCUT2D eigenvalue weighted by Crippen LogP contribution is 2.40. The van der Waals surface area contributed by atoms with Crippen molar-refractivity contribution in [1.29, 1.82) is 0 Å². The minimum atomic E-state index is -2.21. The molecule has 2 N–H and O–H groups in total. The standard InChI is InChI=1S/C39H49FN6O6S/c1-8-25(33(41-9-2)23(4)50-7)34-27-18-38(5,6)20-52-36(48)28-12-11-15-46(44-28)35(47)29(43-37(49)39(40)21-51-22-39)17-32-42-30(19-53-32)24-13-14-31(26(27)16-24)45(34)10-3/h8-9,13-14,16,19,23,28-29,44H,1,10-12,15,17-18,20-22H2,2-7H3,(H,43,49)/b33-25+,41-9-/t23-,28-,29-/m0/s1. The minimum Gasteiger partial charge on any atom is -0.464 e. The fourth-order valence-electron chi connectivity index (χ4n) is 7.18. The van der Waals surface area contributed by atoms with Crippen molar-refractivity contribution in [3.05, 3.63) is 58.2 Å². The molecule has 12 nitrogen and oxygen atoms in total. The van der Waals surface area contributed by atoms with Crippen LogP contribution in [0.1, 0.15) is 63.7 Å². The molecule has 0 aliphatic carbocycles. The number of fused-ring (bicyclic) bond motifs is 6. The maximum absolute atomic E-state index is 15.1. The number of nitrogens with zero attached hydrogens (tertiary/aromatic N) is 4. The molecule has 0 spiro atoms. The summed E-state index contributed by atoms with van der Waals surface area (Å²) in [7, 11) is 1.66. The zero-order valence-electron chi connectivity index (χ0n) is 31.3. The van der Waals surface area contributed by atoms with E-state index < -0.39 is 41.0 Å². The van der Waals surface area contributed by atoms with E-state index in [-0.39, 0.29) is 32.3 Å². The molecule has 1 aromatic carbocycles. The first kappa shape index (κ1) is 38.5. The number of thiazole rings is 1. The molecule has 6 rings (SSSR count). The quantitative estimate of drug-likeness (QED) is 0.183. The predicted molar refractivity (Wildman–Crippen MR) is 203 cm³/mol. The molecule has 284 valence electrons. The fraction of sp³-hybridized carbons (Fsp3) is 0.513. The van der Waals surface area contributed by atoms with E-state index >= 15 is 4.39 Å². The number of allylic oxidation sites excluding steroid dienone is 2. The lowest BCUT2D eigenvalue weighted by Gasteiger charge is -2.37. The number of aromatic nitrogens is 2. The Bertz CT molecular complexity index is 1960. The number of benzene rings is 1. The first-order valence-electron chi connectivity index (χ1n) is 18.1. The molecule has 0 radical (unpaired) electrons. The van der Waals surface area contributed by atoms with Crippen LogP contribution in [0.15, 0.2) is 46.9 Å². The van der Waals surface area contributed by atoms with Gasteiger partial charge in [0.05, 0.1) is 48.0 Å². The molecule has 3 atom stereocenters. The van der Waals surface area contributed by atoms with Crippen molar-refractivity contribution in [1.82, 2.24) is 25.3 Å². The van der Waals surface area contributed by atoms with Crippen LogP contribution in [0, 0.1) is 5.41 Å². The topological polar surface area (TPSA) is 136 Å². The van der Waals surface area contributed by atoms with Gasteiger partial charge in [0.25, 0.3) is 11.8 Å². The van der Waals surface area contributed by atoms with Crippen molar-refractivity contribution in [2.75, 3.05) is 33.5 Å². The molecule has 3 aliphatic heterocycles. The number of hydrazine groups is 1. The van der Waals surface area contributed by atoms with Crippen molar-refractivity contribution in [3.63, 3.8) is 0 Å². The Morgan fingerprint density at radius 1 is 1.30 bits per heavy atom. The van der Waals surface area contributed by atoms with Crippen LogP contribution in [-0.4, -0.2) is 95.9 Å². The second-order valence-corrected chi connectivity index (χ2v) is 15.6. The molecule has 0 unspecified atom stereocenters. The Morgan fingerprint density at radius 2 is 2.08 bits per heavy atom. The second kappa shape index (κ2) is 15.6. The first-order valence-corrected chi connectivity index (χ1v) is 19.0. The van der Waals surface area contributed by atoms with Gasteiger partial charge in [-0.05, 0) is 57.7 Å². The van der Waals surface area contributed by atoms with Gasteiger partial charge in [-0.1, -0.05) is 32.6 Å². The zero-order valence-corrected chi connectivity index (χ0v) is 32.1. The van der Waals surface area contributed by atoms with Crippen LogP contribution in [-0.2, 0) is 48.0 Å². The average Bonchev–Trinajstić information content (AvgIpc) is 3.73. The molecule has 2 amide bonds. The maximum atomic E-state index is 15.1. The third kappa shape index (κ3) is 7.73. The number of aliphatic imine (C=N–C) groups is 1. The van der Waals surface area contributed by atoms with Crippen LogP contribution in [0.3, 0.4) is 0 Å². The number of alkyl halides is 1. The normalized spacial score (nSPS) is 22.8. The third-order valence-electron chi connectivity index (χ3n) is 10.1. The number of ether oxygens (including phenoxy) is 3. The SMILES string of the molecule is C=C/C(=C(\N=C/C)[C@H](C)OC)c1c2c3cc(ccc3n1CC)-c1csc(n1)C[C@H](NC(=O)C1(F)COC1)C(=O)N1CCC[C@H](N1)C(=O)OCC(C)(C)C2. The molecule has 2 aromatic heterocycles. The highest BCUT2D eigenvalue weighted by atomic mass is 32.1. The van der Waals surface area contributed by atoms with Gasteiger partial charge in [0.1, 0.15) is 12.1 Å². The van der Waals surface area contributed by atoms with Crippen LogP contribution in [0.2, 0.25) is 0 Å². The van der Waals surface area contributed by atoms with Crippen LogP contribution in [0.4, 0.5) is 4.39 Å². The molecule has 5 heterocycles. The van der Waals surface area contributed by atoms with Gasteiger partial charge in [0.15, 0.2) is 0 Å². The molecule has 3 aliphatic rings. The Kier molecular flexibility index (Phi) is 11.3. The first-order chi connectivity index (χ1) is 25.3. The molecular weight excluding hydrogens is 700 g/mol. The maximum Gasteiger partial charge on any atom is 0.324 e. The van der Waals surface area contributed by atoms with E-state index in [0.717, 1.165) is 39.0 Å². The number of cyclic esters (lactones) is 1. The Balaban J connectivity index is 1.51. The second-order valence-electron chi connectivity index (χ2n) is 14.6. The summed E-state index contributed by atoms with van der Waals surface area (Å²) < 4.78 is 34.1. The number of methoxy groups -OCH3 is 1. The summed E-state index contributed by atoms with van der Waals surface area (Å²) in [6, 6.07) is 4.32. The van der Waals surface area contributed by atoms with Crippen LogP contribution in [0.25, 0.3) is 27.7 Å². The number of halogens is 1. The Hall–Kier alpha value is -4.24. The molecule has 14 heteroatoms. The minimum absolute atomic E-state index is 0.0312. The van der Waals surface area contributed by atoms with Crippen molar-refractivity contribution < 1.29 is 33.0 Å². The summed E-state index contributed by atoms with van der Waals surface area (Å²) in [6.45, 7) is 14.6. The average molecular weight is 749 g/mol. The largest absolute Gasteiger partial charge is 0.464 e. The molecule has 6 bridgehead atoms. The van der Waals surface area contributed by atoms with Gasteiger partial charge in [-0.2, -0.15) is 0 Å². The number of hydrogen-bond donors (Lipinski definition) is 2. The van der Waals surface area contributed by atoms with Crippen molar-refractivity contribution in [2.45, 2.75) is 90.7 Å². The van der Waals surface area contributed by atoms with Gasteiger partial charge in [-0.15, -0.1) is 11.3 Å². The lowest BCUT2D eigenvalue weighted by atomic mass is 9.84. The molecule has 53 heavy (non-hydrogen) atoms. The summed E-state index contributed by atoms with van der Waals surface area (Å²) in [6.07, 6.45) is 4.85. The van der Waals surface area contributed by atoms with Crippen LogP contribution in [0.5, 0.6) is 0 Å². The lowest BCUT2D eigenvalue weighted by molar-refractivity contribution is -0.169. The predicted octanol–water partition coefficient (Wildman–Crippen LogP) is 5.19. The van der Waals surface area contributed by atoms with E-state index in [2.05, 4.69) is 54.8 Å². The number of aryl methyl sites for hydroxylation is 1. The van der Waals surface area contributed by atoms with E-state index in [1.54, 1.807) is 13.3 Å². The third-order valence-corrected chi connectivity index (χ3v) is 11.0. The molecule has 3 aromatic rings.